The van der Waals surface area contributed by atoms with E-state index in [1.807, 2.05) is 22.7 Å². The number of rotatable bonds is 8. The van der Waals surface area contributed by atoms with Gasteiger partial charge in [-0.05, 0) is 108 Å². The van der Waals surface area contributed by atoms with Crippen molar-refractivity contribution in [2.45, 2.75) is 6.92 Å². The highest BCUT2D eigenvalue weighted by Gasteiger charge is 2.22. The molecule has 0 N–H and O–H groups in total. The Bertz CT molecular complexity index is 3080. The second-order valence-corrected chi connectivity index (χ2v) is 17.0. The molecule has 2 aromatic heterocycles. The number of para-hydroxylation sites is 2. The highest BCUT2D eigenvalue weighted by molar-refractivity contribution is 7.26. The molecule has 0 aliphatic rings. The summed E-state index contributed by atoms with van der Waals surface area (Å²) in [7, 11) is 0. The van der Waals surface area contributed by atoms with E-state index in [-0.39, 0.29) is 0 Å². The molecule has 0 aliphatic heterocycles. The molecule has 2 nitrogen and oxygen atoms in total. The second kappa shape index (κ2) is 14.8. The van der Waals surface area contributed by atoms with Crippen LogP contribution in [0.4, 0.5) is 34.1 Å². The minimum atomic E-state index is 1.10. The molecule has 0 amide bonds. The van der Waals surface area contributed by atoms with E-state index in [0.717, 1.165) is 34.1 Å². The predicted molar refractivity (Wildman–Crippen MR) is 257 cm³/mol. The molecule has 0 spiro atoms. The van der Waals surface area contributed by atoms with Gasteiger partial charge in [0.2, 0.25) is 0 Å². The molecular formula is C55H38N2S2. The Morgan fingerprint density at radius 2 is 0.661 bits per heavy atom. The van der Waals surface area contributed by atoms with Crippen molar-refractivity contribution < 1.29 is 0 Å². The highest BCUT2D eigenvalue weighted by atomic mass is 32.1. The lowest BCUT2D eigenvalue weighted by atomic mass is 10.0. The van der Waals surface area contributed by atoms with Crippen LogP contribution < -0.4 is 9.80 Å². The van der Waals surface area contributed by atoms with Gasteiger partial charge in [0, 0.05) is 63.1 Å². The Morgan fingerprint density at radius 3 is 1.10 bits per heavy atom. The molecule has 4 heteroatoms. The summed E-state index contributed by atoms with van der Waals surface area (Å²) < 4.78 is 5.29. The number of hydrogen-bond acceptors (Lipinski definition) is 4. The van der Waals surface area contributed by atoms with Crippen LogP contribution in [0.15, 0.2) is 212 Å². The molecule has 2 heterocycles. The summed E-state index contributed by atoms with van der Waals surface area (Å²) in [5, 5.41) is 5.27. The molecule has 0 unspecified atom stereocenters. The van der Waals surface area contributed by atoms with Gasteiger partial charge in [0.25, 0.3) is 0 Å². The van der Waals surface area contributed by atoms with Gasteiger partial charge in [-0.2, -0.15) is 0 Å². The molecule has 0 saturated carbocycles. The Kier molecular flexibility index (Phi) is 8.80. The maximum absolute atomic E-state index is 2.42. The summed E-state index contributed by atoms with van der Waals surface area (Å²) in [4.78, 5) is 4.78. The van der Waals surface area contributed by atoms with Crippen LogP contribution in [0.3, 0.4) is 0 Å². The van der Waals surface area contributed by atoms with Crippen molar-refractivity contribution in [3.8, 4) is 22.3 Å². The Hall–Kier alpha value is -6.98. The summed E-state index contributed by atoms with van der Waals surface area (Å²) in [6.07, 6.45) is 0. The fourth-order valence-corrected chi connectivity index (χ4v) is 11.1. The maximum atomic E-state index is 2.42. The standard InChI is InChI=1S/C55H38N2S2/c1-37-50(56(40-15-4-2-5-16-40)41-17-6-3-7-18-41)25-14-26-51(37)57(42-33-29-38(30-34-42)44-21-12-23-48-46-19-8-10-27-52(46)58-54(44)48)43-35-31-39(32-36-43)45-22-13-24-49-47-20-9-11-28-53(47)59-55(45)49/h2-36H,1H3. The lowest BCUT2D eigenvalue weighted by Gasteiger charge is -2.32. The van der Waals surface area contributed by atoms with E-state index in [2.05, 4.69) is 229 Å². The SMILES string of the molecule is Cc1c(N(c2ccccc2)c2ccccc2)cccc1N(c1ccc(-c2cccc3c2sc2ccccc23)cc1)c1ccc(-c2cccc3c2sc2ccccc23)cc1. The van der Waals surface area contributed by atoms with Crippen LogP contribution in [0.5, 0.6) is 0 Å². The average molecular weight is 791 g/mol. The molecule has 0 fully saturated rings. The second-order valence-electron chi connectivity index (χ2n) is 14.9. The zero-order valence-electron chi connectivity index (χ0n) is 32.4. The first-order chi connectivity index (χ1) is 29.2. The van der Waals surface area contributed by atoms with Crippen molar-refractivity contribution in [1.82, 2.24) is 0 Å². The number of benzene rings is 9. The summed E-state index contributed by atoms with van der Waals surface area (Å²) in [5.41, 5.74) is 12.8. The van der Waals surface area contributed by atoms with Crippen molar-refractivity contribution in [2.75, 3.05) is 9.80 Å². The quantitative estimate of drug-likeness (QED) is 0.151. The number of fused-ring (bicyclic) bond motifs is 6. The first-order valence-corrected chi connectivity index (χ1v) is 21.6. The average Bonchev–Trinajstić information content (AvgIpc) is 3.88. The van der Waals surface area contributed by atoms with E-state index in [0.29, 0.717) is 0 Å². The maximum Gasteiger partial charge on any atom is 0.0511 e. The lowest BCUT2D eigenvalue weighted by molar-refractivity contribution is 1.21. The van der Waals surface area contributed by atoms with Crippen LogP contribution >= 0.6 is 22.7 Å². The van der Waals surface area contributed by atoms with Crippen LogP contribution in [-0.2, 0) is 0 Å². The minimum Gasteiger partial charge on any atom is -0.310 e. The fourth-order valence-electron chi connectivity index (χ4n) is 8.63. The first kappa shape index (κ1) is 35.2. The number of nitrogens with zero attached hydrogens (tertiary/aromatic N) is 2. The van der Waals surface area contributed by atoms with E-state index in [9.17, 15) is 0 Å². The largest absolute Gasteiger partial charge is 0.310 e. The van der Waals surface area contributed by atoms with Gasteiger partial charge in [0.15, 0.2) is 0 Å². The molecule has 9 aromatic carbocycles. The summed E-state index contributed by atoms with van der Waals surface area (Å²) in [5.74, 6) is 0. The van der Waals surface area contributed by atoms with Crippen LogP contribution in [0, 0.1) is 6.92 Å². The lowest BCUT2D eigenvalue weighted by Crippen LogP contribution is -2.15. The fraction of sp³-hybridized carbons (Fsp3) is 0.0182. The smallest absolute Gasteiger partial charge is 0.0511 e. The van der Waals surface area contributed by atoms with E-state index in [1.54, 1.807) is 0 Å². The highest BCUT2D eigenvalue weighted by Crippen LogP contribution is 2.46. The van der Waals surface area contributed by atoms with Crippen LogP contribution in [0.2, 0.25) is 0 Å². The summed E-state index contributed by atoms with van der Waals surface area (Å²) in [6.45, 7) is 2.25. The molecule has 0 radical (unpaired) electrons. The Labute approximate surface area is 352 Å². The normalized spacial score (nSPS) is 11.5. The number of hydrogen-bond donors (Lipinski definition) is 0. The van der Waals surface area contributed by atoms with Crippen molar-refractivity contribution >= 4 is 97.1 Å². The van der Waals surface area contributed by atoms with Gasteiger partial charge in [-0.15, -0.1) is 22.7 Å². The van der Waals surface area contributed by atoms with E-state index < -0.39 is 0 Å². The van der Waals surface area contributed by atoms with E-state index >= 15 is 0 Å². The molecule has 0 aliphatic carbocycles. The van der Waals surface area contributed by atoms with Gasteiger partial charge in [0.05, 0.1) is 11.4 Å². The van der Waals surface area contributed by atoms with Gasteiger partial charge in [-0.25, -0.2) is 0 Å². The van der Waals surface area contributed by atoms with Gasteiger partial charge >= 0.3 is 0 Å². The zero-order valence-corrected chi connectivity index (χ0v) is 34.1. The molecule has 0 bridgehead atoms. The molecular weight excluding hydrogens is 753 g/mol. The zero-order chi connectivity index (χ0) is 39.3. The third kappa shape index (κ3) is 6.16. The monoisotopic (exact) mass is 790 g/mol. The van der Waals surface area contributed by atoms with Crippen molar-refractivity contribution in [3.63, 3.8) is 0 Å². The number of anilines is 6. The topological polar surface area (TPSA) is 6.48 Å². The molecule has 11 rings (SSSR count). The van der Waals surface area contributed by atoms with Gasteiger partial charge < -0.3 is 9.80 Å². The molecule has 11 aromatic rings. The third-order valence-corrected chi connectivity index (χ3v) is 13.9. The summed E-state index contributed by atoms with van der Waals surface area (Å²) in [6, 6.07) is 77.2. The van der Waals surface area contributed by atoms with E-state index in [4.69, 9.17) is 0 Å². The van der Waals surface area contributed by atoms with Gasteiger partial charge in [-0.3, -0.25) is 0 Å². The van der Waals surface area contributed by atoms with Crippen molar-refractivity contribution in [2.24, 2.45) is 0 Å². The van der Waals surface area contributed by atoms with Crippen molar-refractivity contribution in [1.29, 1.82) is 0 Å². The molecule has 59 heavy (non-hydrogen) atoms. The molecule has 280 valence electrons. The summed E-state index contributed by atoms with van der Waals surface area (Å²) >= 11 is 3.75. The van der Waals surface area contributed by atoms with Crippen molar-refractivity contribution in [3.05, 3.63) is 218 Å². The predicted octanol–water partition coefficient (Wildman–Crippen LogP) is 17.0. The molecule has 0 atom stereocenters. The van der Waals surface area contributed by atoms with Gasteiger partial charge in [-0.1, -0.05) is 140 Å². The minimum absolute atomic E-state index is 1.10. The van der Waals surface area contributed by atoms with Gasteiger partial charge in [0.1, 0.15) is 0 Å². The molecule has 0 saturated heterocycles. The van der Waals surface area contributed by atoms with Crippen LogP contribution in [0.25, 0.3) is 62.6 Å². The first-order valence-electron chi connectivity index (χ1n) is 20.0. The third-order valence-electron chi connectivity index (χ3n) is 11.5. The van der Waals surface area contributed by atoms with Crippen LogP contribution in [-0.4, -0.2) is 0 Å². The Balaban J connectivity index is 1.05. The van der Waals surface area contributed by atoms with E-state index in [1.165, 1.54) is 68.2 Å². The number of thiophene rings is 2. The Morgan fingerprint density at radius 1 is 0.305 bits per heavy atom. The van der Waals surface area contributed by atoms with Crippen LogP contribution in [0.1, 0.15) is 5.56 Å².